The summed E-state index contributed by atoms with van der Waals surface area (Å²) >= 11 is 5.44. The van der Waals surface area contributed by atoms with E-state index in [1.807, 2.05) is 42.5 Å². The maximum Gasteiger partial charge on any atom is 0.252 e. The summed E-state index contributed by atoms with van der Waals surface area (Å²) < 4.78 is 0. The Morgan fingerprint density at radius 2 is 1.80 bits per heavy atom. The third-order valence-electron chi connectivity index (χ3n) is 3.03. The van der Waals surface area contributed by atoms with Crippen LogP contribution >= 0.6 is 11.6 Å². The minimum Gasteiger partial charge on any atom is -0.356 e. The Labute approximate surface area is 121 Å². The van der Waals surface area contributed by atoms with E-state index in [-0.39, 0.29) is 0 Å². The van der Waals surface area contributed by atoms with Gasteiger partial charge in [0.25, 0.3) is 5.24 Å². The lowest BCUT2D eigenvalue weighted by molar-refractivity contribution is 0.108. The molecule has 98 valence electrons. The molecular weight excluding hydrogens is 274 g/mol. The van der Waals surface area contributed by atoms with Gasteiger partial charge in [0.1, 0.15) is 0 Å². The van der Waals surface area contributed by atoms with Crippen molar-refractivity contribution in [3.8, 4) is 16.9 Å². The number of nitrogens with zero attached hydrogens (tertiary/aromatic N) is 1. The first kappa shape index (κ1) is 12.6. The fourth-order valence-corrected chi connectivity index (χ4v) is 2.13. The van der Waals surface area contributed by atoms with E-state index in [0.717, 1.165) is 16.7 Å². The molecule has 0 aromatic heterocycles. The molecule has 0 N–H and O–H groups in total. The molecule has 4 heteroatoms. The third kappa shape index (κ3) is 2.49. The fraction of sp³-hybridized carbons (Fsp3) is 0. The lowest BCUT2D eigenvalue weighted by Gasteiger charge is -2.07. The smallest absolute Gasteiger partial charge is 0.252 e. The number of oxime groups is 1. The number of benzene rings is 2. The van der Waals surface area contributed by atoms with Crippen molar-refractivity contribution in [2.45, 2.75) is 0 Å². The Bertz CT molecular complexity index is 718. The minimum absolute atomic E-state index is 0.452. The van der Waals surface area contributed by atoms with Gasteiger partial charge >= 0.3 is 0 Å². The van der Waals surface area contributed by atoms with Gasteiger partial charge in [-0.05, 0) is 59.1 Å². The molecule has 0 spiro atoms. The van der Waals surface area contributed by atoms with Crippen molar-refractivity contribution in [2.24, 2.45) is 5.16 Å². The Hall–Kier alpha value is -2.39. The zero-order chi connectivity index (χ0) is 13.9. The fourth-order valence-electron chi connectivity index (χ4n) is 2.00. The standard InChI is InChI=1S/C16H10ClNO2/c17-16(19)12-5-3-11(4-6-12)13-7-8-15-14(10-13)2-1-9-18-20-15/h1-10H. The van der Waals surface area contributed by atoms with Crippen LogP contribution in [0.3, 0.4) is 0 Å². The lowest BCUT2D eigenvalue weighted by Crippen LogP contribution is -1.89. The number of carbonyl (C=O) groups is 1. The van der Waals surface area contributed by atoms with Gasteiger partial charge in [0, 0.05) is 11.1 Å². The first-order valence-electron chi connectivity index (χ1n) is 6.05. The highest BCUT2D eigenvalue weighted by molar-refractivity contribution is 6.67. The van der Waals surface area contributed by atoms with Crippen LogP contribution in [0.25, 0.3) is 17.2 Å². The Balaban J connectivity index is 1.98. The second-order valence-corrected chi connectivity index (χ2v) is 4.65. The molecule has 2 aromatic carbocycles. The molecular formula is C16H10ClNO2. The van der Waals surface area contributed by atoms with Crippen LogP contribution in [0, 0.1) is 0 Å². The van der Waals surface area contributed by atoms with E-state index in [1.54, 1.807) is 18.3 Å². The number of hydrogen-bond acceptors (Lipinski definition) is 3. The van der Waals surface area contributed by atoms with E-state index in [2.05, 4.69) is 5.16 Å². The summed E-state index contributed by atoms with van der Waals surface area (Å²) in [4.78, 5) is 16.3. The Morgan fingerprint density at radius 1 is 1.05 bits per heavy atom. The monoisotopic (exact) mass is 283 g/mol. The molecule has 0 saturated heterocycles. The predicted octanol–water partition coefficient (Wildman–Crippen LogP) is 4.12. The summed E-state index contributed by atoms with van der Waals surface area (Å²) in [5.74, 6) is 0.714. The second-order valence-electron chi connectivity index (χ2n) is 4.31. The van der Waals surface area contributed by atoms with Gasteiger partial charge in [-0.15, -0.1) is 0 Å². The Kier molecular flexibility index (Phi) is 3.35. The molecule has 0 radical (unpaired) electrons. The second kappa shape index (κ2) is 5.31. The zero-order valence-corrected chi connectivity index (χ0v) is 11.2. The molecule has 20 heavy (non-hydrogen) atoms. The van der Waals surface area contributed by atoms with Gasteiger partial charge in [-0.1, -0.05) is 23.4 Å². The van der Waals surface area contributed by atoms with Crippen molar-refractivity contribution >= 4 is 29.1 Å². The van der Waals surface area contributed by atoms with Crippen LogP contribution in [0.2, 0.25) is 0 Å². The first-order chi connectivity index (χ1) is 9.74. The average Bonchev–Trinajstić information content (AvgIpc) is 2.71. The highest BCUT2D eigenvalue weighted by Crippen LogP contribution is 2.29. The maximum atomic E-state index is 11.0. The normalized spacial score (nSPS) is 12.4. The summed E-state index contributed by atoms with van der Waals surface area (Å²) in [5, 5.41) is 3.33. The van der Waals surface area contributed by atoms with Crippen molar-refractivity contribution in [1.82, 2.24) is 0 Å². The van der Waals surface area contributed by atoms with Gasteiger partial charge < -0.3 is 4.84 Å². The van der Waals surface area contributed by atoms with Gasteiger partial charge in [-0.25, -0.2) is 0 Å². The summed E-state index contributed by atoms with van der Waals surface area (Å²) in [5.41, 5.74) is 3.49. The summed E-state index contributed by atoms with van der Waals surface area (Å²) in [7, 11) is 0. The SMILES string of the molecule is O=C(Cl)c1ccc(-c2ccc3c(c2)C=CC=NO3)cc1. The van der Waals surface area contributed by atoms with Gasteiger partial charge in [0.2, 0.25) is 0 Å². The number of fused-ring (bicyclic) bond motifs is 1. The van der Waals surface area contributed by atoms with E-state index in [4.69, 9.17) is 16.4 Å². The summed E-state index contributed by atoms with van der Waals surface area (Å²) in [6.07, 6.45) is 5.36. The summed E-state index contributed by atoms with van der Waals surface area (Å²) in [6.45, 7) is 0. The van der Waals surface area contributed by atoms with Crippen LogP contribution in [-0.2, 0) is 0 Å². The molecule has 0 saturated carbocycles. The van der Waals surface area contributed by atoms with Crippen LogP contribution in [0.5, 0.6) is 5.75 Å². The topological polar surface area (TPSA) is 38.7 Å². The molecule has 0 amide bonds. The number of hydrogen-bond donors (Lipinski definition) is 0. The molecule has 0 fully saturated rings. The van der Waals surface area contributed by atoms with Crippen molar-refractivity contribution in [3.05, 3.63) is 59.7 Å². The van der Waals surface area contributed by atoms with E-state index in [0.29, 0.717) is 11.3 Å². The van der Waals surface area contributed by atoms with Gasteiger partial charge in [-0.2, -0.15) is 0 Å². The number of halogens is 1. The molecule has 1 aliphatic rings. The molecule has 3 rings (SSSR count). The van der Waals surface area contributed by atoms with Crippen molar-refractivity contribution in [3.63, 3.8) is 0 Å². The molecule has 0 atom stereocenters. The highest BCUT2D eigenvalue weighted by Gasteiger charge is 2.07. The van der Waals surface area contributed by atoms with Gasteiger partial charge in [0.05, 0.1) is 6.21 Å². The predicted molar refractivity (Wildman–Crippen MR) is 80.2 cm³/mol. The van der Waals surface area contributed by atoms with Crippen LogP contribution < -0.4 is 4.84 Å². The quantitative estimate of drug-likeness (QED) is 0.778. The first-order valence-corrected chi connectivity index (χ1v) is 6.43. The highest BCUT2D eigenvalue weighted by atomic mass is 35.5. The maximum absolute atomic E-state index is 11.0. The lowest BCUT2D eigenvalue weighted by atomic mass is 10.0. The molecule has 0 aliphatic carbocycles. The van der Waals surface area contributed by atoms with Crippen LogP contribution in [0.4, 0.5) is 0 Å². The molecule has 0 bridgehead atoms. The van der Waals surface area contributed by atoms with Crippen LogP contribution in [0.1, 0.15) is 15.9 Å². The largest absolute Gasteiger partial charge is 0.356 e. The minimum atomic E-state index is -0.452. The zero-order valence-electron chi connectivity index (χ0n) is 10.4. The summed E-state index contributed by atoms with van der Waals surface area (Å²) in [6, 6.07) is 13.0. The average molecular weight is 284 g/mol. The van der Waals surface area contributed by atoms with E-state index in [1.165, 1.54) is 0 Å². The molecule has 1 aliphatic heterocycles. The molecule has 2 aromatic rings. The molecule has 0 unspecified atom stereocenters. The van der Waals surface area contributed by atoms with Crippen LogP contribution in [-0.4, -0.2) is 11.5 Å². The number of allylic oxidation sites excluding steroid dienone is 1. The van der Waals surface area contributed by atoms with Gasteiger partial charge in [-0.3, -0.25) is 4.79 Å². The van der Waals surface area contributed by atoms with E-state index in [9.17, 15) is 4.79 Å². The Morgan fingerprint density at radius 3 is 2.55 bits per heavy atom. The number of rotatable bonds is 2. The third-order valence-corrected chi connectivity index (χ3v) is 3.25. The van der Waals surface area contributed by atoms with Crippen LogP contribution in [0.15, 0.2) is 53.7 Å². The number of carbonyl (C=O) groups excluding carboxylic acids is 1. The van der Waals surface area contributed by atoms with Crippen molar-refractivity contribution in [1.29, 1.82) is 0 Å². The van der Waals surface area contributed by atoms with Gasteiger partial charge in [0.15, 0.2) is 5.75 Å². The van der Waals surface area contributed by atoms with E-state index >= 15 is 0 Å². The molecule has 3 nitrogen and oxygen atoms in total. The molecule has 1 heterocycles. The van der Waals surface area contributed by atoms with Crippen molar-refractivity contribution < 1.29 is 9.63 Å². The van der Waals surface area contributed by atoms with Crippen molar-refractivity contribution in [2.75, 3.05) is 0 Å². The van der Waals surface area contributed by atoms with E-state index < -0.39 is 5.24 Å².